The maximum atomic E-state index is 12.7. The number of halogens is 1. The molecule has 6 nitrogen and oxygen atoms in total. The highest BCUT2D eigenvalue weighted by Gasteiger charge is 2.33. The van der Waals surface area contributed by atoms with E-state index in [1.807, 2.05) is 25.1 Å². The number of ether oxygens (including phenoxy) is 1. The molecule has 1 saturated heterocycles. The number of carbonyl (C=O) groups excluding carboxylic acids is 1. The molecule has 0 saturated carbocycles. The van der Waals surface area contributed by atoms with Crippen molar-refractivity contribution < 1.29 is 9.53 Å². The number of nitrogens with zero attached hydrogens (tertiary/aromatic N) is 3. The van der Waals surface area contributed by atoms with E-state index in [2.05, 4.69) is 36.2 Å². The molecule has 1 aromatic carbocycles. The molecule has 0 radical (unpaired) electrons. The zero-order valence-corrected chi connectivity index (χ0v) is 17.1. The summed E-state index contributed by atoms with van der Waals surface area (Å²) in [6.45, 7) is 9.09. The number of hydrogen-bond donors (Lipinski definition) is 1. The van der Waals surface area contributed by atoms with E-state index in [-0.39, 0.29) is 29.3 Å². The number of para-hydroxylation sites is 1. The van der Waals surface area contributed by atoms with Crippen LogP contribution in [0.4, 0.5) is 0 Å². The molecule has 2 heterocycles. The van der Waals surface area contributed by atoms with Crippen molar-refractivity contribution in [1.29, 1.82) is 0 Å². The number of carbonyl (C=O) groups is 1. The Bertz CT molecular complexity index is 813. The Morgan fingerprint density at radius 2 is 2.11 bits per heavy atom. The SMILES string of the molecule is CCc1nc(C(=O)N[C@H]2CCO[C@@H](C(C)(C)C)C2)nn1-c1ccccc1Cl. The van der Waals surface area contributed by atoms with Crippen LogP contribution in [0.1, 0.15) is 57.0 Å². The topological polar surface area (TPSA) is 69.0 Å². The number of hydrogen-bond acceptors (Lipinski definition) is 4. The van der Waals surface area contributed by atoms with Gasteiger partial charge in [0.25, 0.3) is 5.91 Å². The highest BCUT2D eigenvalue weighted by Crippen LogP contribution is 2.29. The fourth-order valence-electron chi connectivity index (χ4n) is 3.27. The lowest BCUT2D eigenvalue weighted by Crippen LogP contribution is -2.46. The third kappa shape index (κ3) is 4.50. The molecule has 1 amide bonds. The highest BCUT2D eigenvalue weighted by molar-refractivity contribution is 6.32. The number of rotatable bonds is 4. The van der Waals surface area contributed by atoms with Crippen LogP contribution in [-0.4, -0.2) is 39.4 Å². The Labute approximate surface area is 165 Å². The molecule has 146 valence electrons. The van der Waals surface area contributed by atoms with Gasteiger partial charge in [-0.1, -0.05) is 51.4 Å². The van der Waals surface area contributed by atoms with Gasteiger partial charge in [0.15, 0.2) is 0 Å². The van der Waals surface area contributed by atoms with Crippen LogP contribution in [0.5, 0.6) is 0 Å². The summed E-state index contributed by atoms with van der Waals surface area (Å²) >= 11 is 6.29. The number of aryl methyl sites for hydroxylation is 1. The second-order valence-electron chi connectivity index (χ2n) is 7.99. The molecule has 0 spiro atoms. The van der Waals surface area contributed by atoms with Crippen LogP contribution in [0.15, 0.2) is 24.3 Å². The second kappa shape index (κ2) is 7.98. The van der Waals surface area contributed by atoms with E-state index in [0.717, 1.165) is 18.5 Å². The molecular formula is C20H27ClN4O2. The lowest BCUT2D eigenvalue weighted by atomic mass is 9.83. The first-order chi connectivity index (χ1) is 12.8. The van der Waals surface area contributed by atoms with Crippen LogP contribution in [0.2, 0.25) is 5.02 Å². The predicted molar refractivity (Wildman–Crippen MR) is 105 cm³/mol. The fourth-order valence-corrected chi connectivity index (χ4v) is 3.48. The van der Waals surface area contributed by atoms with Crippen LogP contribution in [0.3, 0.4) is 0 Å². The van der Waals surface area contributed by atoms with Crippen molar-refractivity contribution >= 4 is 17.5 Å². The molecule has 7 heteroatoms. The van der Waals surface area contributed by atoms with Gasteiger partial charge in [0, 0.05) is 19.1 Å². The molecule has 2 atom stereocenters. The minimum absolute atomic E-state index is 0.0443. The van der Waals surface area contributed by atoms with Crippen molar-refractivity contribution in [2.45, 2.75) is 59.1 Å². The Morgan fingerprint density at radius 3 is 2.78 bits per heavy atom. The van der Waals surface area contributed by atoms with E-state index >= 15 is 0 Å². The van der Waals surface area contributed by atoms with Crippen molar-refractivity contribution in [3.05, 3.63) is 40.9 Å². The van der Waals surface area contributed by atoms with Crippen LogP contribution < -0.4 is 5.32 Å². The largest absolute Gasteiger partial charge is 0.378 e. The Hall–Kier alpha value is -1.92. The average molecular weight is 391 g/mol. The summed E-state index contributed by atoms with van der Waals surface area (Å²) in [6, 6.07) is 7.47. The molecule has 0 aliphatic carbocycles. The molecule has 1 aliphatic heterocycles. The summed E-state index contributed by atoms with van der Waals surface area (Å²) < 4.78 is 7.52. The van der Waals surface area contributed by atoms with Crippen LogP contribution in [0.25, 0.3) is 5.69 Å². The summed E-state index contributed by atoms with van der Waals surface area (Å²) in [5.74, 6) is 0.619. The van der Waals surface area contributed by atoms with Gasteiger partial charge in [0.2, 0.25) is 5.82 Å². The first kappa shape index (κ1) is 19.8. The molecule has 27 heavy (non-hydrogen) atoms. The predicted octanol–water partition coefficient (Wildman–Crippen LogP) is 3.81. The number of amides is 1. The van der Waals surface area contributed by atoms with Gasteiger partial charge in [-0.15, -0.1) is 5.10 Å². The van der Waals surface area contributed by atoms with Gasteiger partial charge in [0.1, 0.15) is 5.82 Å². The molecule has 0 bridgehead atoms. The van der Waals surface area contributed by atoms with Gasteiger partial charge < -0.3 is 10.1 Å². The maximum absolute atomic E-state index is 12.7. The zero-order valence-electron chi connectivity index (χ0n) is 16.3. The van der Waals surface area contributed by atoms with E-state index in [1.165, 1.54) is 0 Å². The minimum Gasteiger partial charge on any atom is -0.378 e. The van der Waals surface area contributed by atoms with Gasteiger partial charge in [-0.3, -0.25) is 4.79 Å². The molecule has 3 rings (SSSR count). The van der Waals surface area contributed by atoms with E-state index in [9.17, 15) is 4.79 Å². The van der Waals surface area contributed by atoms with Crippen molar-refractivity contribution in [1.82, 2.24) is 20.1 Å². The lowest BCUT2D eigenvalue weighted by molar-refractivity contribution is -0.0570. The monoisotopic (exact) mass is 390 g/mol. The summed E-state index contributed by atoms with van der Waals surface area (Å²) in [7, 11) is 0. The summed E-state index contributed by atoms with van der Waals surface area (Å²) in [6.07, 6.45) is 2.36. The van der Waals surface area contributed by atoms with E-state index in [1.54, 1.807) is 10.7 Å². The van der Waals surface area contributed by atoms with Crippen molar-refractivity contribution in [3.8, 4) is 5.69 Å². The molecule has 1 aliphatic rings. The van der Waals surface area contributed by atoms with Gasteiger partial charge in [-0.25, -0.2) is 9.67 Å². The maximum Gasteiger partial charge on any atom is 0.291 e. The number of aromatic nitrogens is 3. The normalized spacial score (nSPS) is 20.5. The highest BCUT2D eigenvalue weighted by atomic mass is 35.5. The number of nitrogens with one attached hydrogen (secondary N) is 1. The van der Waals surface area contributed by atoms with Crippen molar-refractivity contribution in [2.75, 3.05) is 6.61 Å². The summed E-state index contributed by atoms with van der Waals surface area (Å²) in [4.78, 5) is 17.2. The van der Waals surface area contributed by atoms with Gasteiger partial charge in [-0.2, -0.15) is 0 Å². The van der Waals surface area contributed by atoms with E-state index in [0.29, 0.717) is 23.9 Å². The zero-order chi connectivity index (χ0) is 19.6. The third-order valence-corrected chi connectivity index (χ3v) is 5.18. The lowest BCUT2D eigenvalue weighted by Gasteiger charge is -2.37. The smallest absolute Gasteiger partial charge is 0.291 e. The Balaban J connectivity index is 1.77. The number of benzene rings is 1. The van der Waals surface area contributed by atoms with Crippen LogP contribution in [0, 0.1) is 5.41 Å². The minimum atomic E-state index is -0.255. The van der Waals surface area contributed by atoms with Crippen LogP contribution in [-0.2, 0) is 11.2 Å². The first-order valence-corrected chi connectivity index (χ1v) is 9.80. The molecule has 0 unspecified atom stereocenters. The summed E-state index contributed by atoms with van der Waals surface area (Å²) in [5, 5.41) is 8.07. The van der Waals surface area contributed by atoms with Gasteiger partial charge >= 0.3 is 0 Å². The van der Waals surface area contributed by atoms with E-state index in [4.69, 9.17) is 16.3 Å². The third-order valence-electron chi connectivity index (χ3n) is 4.86. The Morgan fingerprint density at radius 1 is 1.37 bits per heavy atom. The second-order valence-corrected chi connectivity index (χ2v) is 8.40. The van der Waals surface area contributed by atoms with Crippen LogP contribution >= 0.6 is 11.6 Å². The molecule has 1 aromatic heterocycles. The quantitative estimate of drug-likeness (QED) is 0.861. The molecule has 1 N–H and O–H groups in total. The standard InChI is InChI=1S/C20H27ClN4O2/c1-5-17-23-18(24-25(17)15-9-7-6-8-14(15)21)19(26)22-13-10-11-27-16(12-13)20(2,3)4/h6-9,13,16H,5,10-12H2,1-4H3,(H,22,26)/t13-,16+/m0/s1. The fraction of sp³-hybridized carbons (Fsp3) is 0.550. The molecule has 2 aromatic rings. The Kier molecular flexibility index (Phi) is 5.86. The van der Waals surface area contributed by atoms with Gasteiger partial charge in [-0.05, 0) is 30.4 Å². The van der Waals surface area contributed by atoms with Crippen molar-refractivity contribution in [2.24, 2.45) is 5.41 Å². The van der Waals surface area contributed by atoms with Gasteiger partial charge in [0.05, 0.1) is 16.8 Å². The molecule has 1 fully saturated rings. The average Bonchev–Trinajstić information content (AvgIpc) is 3.06. The first-order valence-electron chi connectivity index (χ1n) is 9.43. The summed E-state index contributed by atoms with van der Waals surface area (Å²) in [5.41, 5.74) is 0.768. The van der Waals surface area contributed by atoms with Crippen molar-refractivity contribution in [3.63, 3.8) is 0 Å². The van der Waals surface area contributed by atoms with E-state index < -0.39 is 0 Å². The molecular weight excluding hydrogens is 364 g/mol.